The van der Waals surface area contributed by atoms with Gasteiger partial charge in [-0.2, -0.15) is 0 Å². The molecular weight excluding hydrogens is 315 g/mol. The standard InChI is InChI=1S/C20H20BO4/c1-19(2,22)20(3,4)25-21-12-5-6-13-17(11-12)24-16-8-7-15-14(18(13)16)9-10-23-15/h5-11,22H,1-4H3. The lowest BCUT2D eigenvalue weighted by atomic mass is 9.82. The minimum atomic E-state index is -0.958. The number of hydrogen-bond acceptors (Lipinski definition) is 4. The van der Waals surface area contributed by atoms with E-state index in [-0.39, 0.29) is 0 Å². The molecule has 5 heteroatoms. The summed E-state index contributed by atoms with van der Waals surface area (Å²) in [5.74, 6) is 0. The van der Waals surface area contributed by atoms with E-state index < -0.39 is 11.2 Å². The molecule has 0 bridgehead atoms. The van der Waals surface area contributed by atoms with Crippen molar-refractivity contribution in [3.63, 3.8) is 0 Å². The summed E-state index contributed by atoms with van der Waals surface area (Å²) in [6.45, 7) is 7.19. The van der Waals surface area contributed by atoms with Crippen LogP contribution in [0.25, 0.3) is 32.9 Å². The van der Waals surface area contributed by atoms with Gasteiger partial charge in [0.1, 0.15) is 16.7 Å². The van der Waals surface area contributed by atoms with Crippen LogP contribution >= 0.6 is 0 Å². The molecule has 2 aromatic carbocycles. The smallest absolute Gasteiger partial charge is 0.331 e. The molecule has 0 aliphatic heterocycles. The van der Waals surface area contributed by atoms with Gasteiger partial charge in [0.2, 0.25) is 0 Å². The van der Waals surface area contributed by atoms with E-state index in [9.17, 15) is 5.11 Å². The molecule has 0 saturated carbocycles. The Labute approximate surface area is 146 Å². The maximum absolute atomic E-state index is 10.2. The van der Waals surface area contributed by atoms with Crippen LogP contribution in [0, 0.1) is 0 Å². The van der Waals surface area contributed by atoms with Crippen molar-refractivity contribution < 1.29 is 18.6 Å². The van der Waals surface area contributed by atoms with Gasteiger partial charge >= 0.3 is 7.48 Å². The Balaban J connectivity index is 1.72. The first-order valence-electron chi connectivity index (χ1n) is 8.32. The number of rotatable bonds is 4. The summed E-state index contributed by atoms with van der Waals surface area (Å²) in [4.78, 5) is 0. The highest BCUT2D eigenvalue weighted by atomic mass is 16.5. The Morgan fingerprint density at radius 2 is 1.64 bits per heavy atom. The molecule has 0 spiro atoms. The lowest BCUT2D eigenvalue weighted by Crippen LogP contribution is -2.49. The van der Waals surface area contributed by atoms with Crippen molar-refractivity contribution in [2.75, 3.05) is 0 Å². The number of furan rings is 2. The van der Waals surface area contributed by atoms with Crippen molar-refractivity contribution in [2.45, 2.75) is 38.9 Å². The number of hydrogen-bond donors (Lipinski definition) is 1. The quantitative estimate of drug-likeness (QED) is 0.570. The fourth-order valence-corrected chi connectivity index (χ4v) is 2.77. The highest BCUT2D eigenvalue weighted by Gasteiger charge is 2.35. The van der Waals surface area contributed by atoms with Gasteiger partial charge < -0.3 is 18.6 Å². The van der Waals surface area contributed by atoms with E-state index >= 15 is 0 Å². The van der Waals surface area contributed by atoms with E-state index in [0.29, 0.717) is 0 Å². The molecule has 2 aromatic heterocycles. The highest BCUT2D eigenvalue weighted by molar-refractivity contribution is 6.47. The second kappa shape index (κ2) is 5.38. The molecule has 1 N–H and O–H groups in total. The van der Waals surface area contributed by atoms with Gasteiger partial charge in [-0.05, 0) is 57.4 Å². The van der Waals surface area contributed by atoms with Crippen LogP contribution in [0.2, 0.25) is 0 Å². The second-order valence-electron chi connectivity index (χ2n) is 7.43. The summed E-state index contributed by atoms with van der Waals surface area (Å²) in [5, 5.41) is 13.3. The molecule has 2 heterocycles. The van der Waals surface area contributed by atoms with Gasteiger partial charge in [-0.1, -0.05) is 12.1 Å². The molecule has 0 aliphatic carbocycles. The molecular formula is C20H20BO4. The number of benzene rings is 2. The summed E-state index contributed by atoms with van der Waals surface area (Å²) in [6.07, 6.45) is 1.69. The zero-order valence-electron chi connectivity index (χ0n) is 14.8. The van der Waals surface area contributed by atoms with Crippen LogP contribution in [0.3, 0.4) is 0 Å². The summed E-state index contributed by atoms with van der Waals surface area (Å²) >= 11 is 0. The van der Waals surface area contributed by atoms with Crippen LogP contribution in [0.1, 0.15) is 27.7 Å². The predicted octanol–water partition coefficient (Wildman–Crippen LogP) is 4.14. The van der Waals surface area contributed by atoms with Gasteiger partial charge in [-0.15, -0.1) is 0 Å². The second-order valence-corrected chi connectivity index (χ2v) is 7.43. The predicted molar refractivity (Wildman–Crippen MR) is 100 cm³/mol. The lowest BCUT2D eigenvalue weighted by molar-refractivity contribution is -0.0893. The Bertz CT molecular complexity index is 1070. The third kappa shape index (κ3) is 2.64. The Kier molecular flexibility index (Phi) is 3.50. The molecule has 0 atom stereocenters. The average molecular weight is 335 g/mol. The monoisotopic (exact) mass is 335 g/mol. The normalized spacial score (nSPS) is 13.2. The topological polar surface area (TPSA) is 55.7 Å². The first-order chi connectivity index (χ1) is 11.8. The van der Waals surface area contributed by atoms with E-state index in [1.807, 2.05) is 50.2 Å². The van der Waals surface area contributed by atoms with Gasteiger partial charge in [0.15, 0.2) is 0 Å². The summed E-state index contributed by atoms with van der Waals surface area (Å²) < 4.78 is 17.3. The van der Waals surface area contributed by atoms with E-state index in [0.717, 1.165) is 38.4 Å². The first kappa shape index (κ1) is 16.2. The van der Waals surface area contributed by atoms with Gasteiger partial charge in [0.25, 0.3) is 0 Å². The van der Waals surface area contributed by atoms with Crippen LogP contribution in [0.4, 0.5) is 0 Å². The van der Waals surface area contributed by atoms with Crippen molar-refractivity contribution in [1.29, 1.82) is 0 Å². The minimum absolute atomic E-state index is 0.710. The molecule has 4 rings (SSSR count). The van der Waals surface area contributed by atoms with E-state index in [4.69, 9.17) is 13.5 Å². The van der Waals surface area contributed by atoms with Gasteiger partial charge in [-0.3, -0.25) is 0 Å². The zero-order valence-corrected chi connectivity index (χ0v) is 14.8. The first-order valence-corrected chi connectivity index (χ1v) is 8.32. The van der Waals surface area contributed by atoms with Crippen molar-refractivity contribution >= 4 is 45.9 Å². The van der Waals surface area contributed by atoms with Crippen molar-refractivity contribution in [2.24, 2.45) is 0 Å². The molecule has 0 aliphatic rings. The zero-order chi connectivity index (χ0) is 17.8. The maximum Gasteiger partial charge on any atom is 0.331 e. The lowest BCUT2D eigenvalue weighted by Gasteiger charge is -2.37. The fourth-order valence-electron chi connectivity index (χ4n) is 2.77. The molecule has 0 unspecified atom stereocenters. The van der Waals surface area contributed by atoms with Crippen LogP contribution in [0.15, 0.2) is 51.5 Å². The number of aliphatic hydroxyl groups is 1. The van der Waals surface area contributed by atoms with Gasteiger partial charge in [-0.25, -0.2) is 0 Å². The summed E-state index contributed by atoms with van der Waals surface area (Å²) in [7, 11) is 1.66. The van der Waals surface area contributed by atoms with E-state index in [2.05, 4.69) is 0 Å². The molecule has 25 heavy (non-hydrogen) atoms. The van der Waals surface area contributed by atoms with Gasteiger partial charge in [0, 0.05) is 16.2 Å². The van der Waals surface area contributed by atoms with Crippen molar-refractivity contribution in [3.8, 4) is 0 Å². The Hall–Kier alpha value is -2.24. The Morgan fingerprint density at radius 3 is 2.40 bits per heavy atom. The Morgan fingerprint density at radius 1 is 0.920 bits per heavy atom. The molecule has 0 saturated heterocycles. The van der Waals surface area contributed by atoms with Crippen LogP contribution in [-0.4, -0.2) is 23.8 Å². The molecule has 0 amide bonds. The molecule has 4 nitrogen and oxygen atoms in total. The highest BCUT2D eigenvalue weighted by Crippen LogP contribution is 2.34. The minimum Gasteiger partial charge on any atom is -0.464 e. The summed E-state index contributed by atoms with van der Waals surface area (Å²) in [6, 6.07) is 11.8. The van der Waals surface area contributed by atoms with E-state index in [1.54, 1.807) is 27.6 Å². The van der Waals surface area contributed by atoms with Gasteiger partial charge in [0.05, 0.1) is 17.5 Å². The van der Waals surface area contributed by atoms with Crippen LogP contribution < -0.4 is 5.46 Å². The van der Waals surface area contributed by atoms with Crippen molar-refractivity contribution in [3.05, 3.63) is 42.7 Å². The SMILES string of the molecule is CC(C)(O)C(C)(C)O[B]c1ccc2c(c1)oc1ccc3occc3c12. The maximum atomic E-state index is 10.2. The molecule has 0 fully saturated rings. The molecule has 4 aromatic rings. The van der Waals surface area contributed by atoms with Crippen molar-refractivity contribution in [1.82, 2.24) is 0 Å². The number of fused-ring (bicyclic) bond motifs is 5. The third-order valence-corrected chi connectivity index (χ3v) is 5.05. The molecule has 1 radical (unpaired) electrons. The molecule has 127 valence electrons. The van der Waals surface area contributed by atoms with E-state index in [1.165, 1.54) is 0 Å². The van der Waals surface area contributed by atoms with Crippen LogP contribution in [-0.2, 0) is 4.65 Å². The van der Waals surface area contributed by atoms with Crippen LogP contribution in [0.5, 0.6) is 0 Å². The third-order valence-electron chi connectivity index (χ3n) is 5.05. The fraction of sp³-hybridized carbons (Fsp3) is 0.300. The largest absolute Gasteiger partial charge is 0.464 e. The summed E-state index contributed by atoms with van der Waals surface area (Å²) in [5.41, 5.74) is 1.69. The average Bonchev–Trinajstić information content (AvgIpc) is 3.14.